The molecule has 1 N–H and O–H groups in total. The highest BCUT2D eigenvalue weighted by molar-refractivity contribution is 7.89. The van der Waals surface area contributed by atoms with E-state index in [1.165, 1.54) is 16.6 Å². The van der Waals surface area contributed by atoms with E-state index in [4.69, 9.17) is 0 Å². The number of fused-ring (bicyclic) bond motifs is 1. The Morgan fingerprint density at radius 1 is 1.16 bits per heavy atom. The number of halogens is 3. The summed E-state index contributed by atoms with van der Waals surface area (Å²) in [6.07, 6.45) is 1.53. The van der Waals surface area contributed by atoms with Gasteiger partial charge in [0.1, 0.15) is 4.90 Å². The van der Waals surface area contributed by atoms with Crippen LogP contribution in [0.5, 0.6) is 0 Å². The van der Waals surface area contributed by atoms with E-state index in [2.05, 4.69) is 19.9 Å². The maximum absolute atomic E-state index is 16.0. The molecule has 10 nitrogen and oxygen atoms in total. The summed E-state index contributed by atoms with van der Waals surface area (Å²) in [7, 11) is -7.83. The molecule has 38 heavy (non-hydrogen) atoms. The minimum atomic E-state index is -4.33. The second kappa shape index (κ2) is 9.36. The summed E-state index contributed by atoms with van der Waals surface area (Å²) in [5, 5.41) is 5.86. The van der Waals surface area contributed by atoms with Crippen LogP contribution in [0.3, 0.4) is 0 Å². The second-order valence-electron chi connectivity index (χ2n) is 9.86. The third-order valence-corrected chi connectivity index (χ3v) is 11.5. The first kappa shape index (κ1) is 27.2. The Kier molecular flexibility index (Phi) is 6.69. The van der Waals surface area contributed by atoms with Gasteiger partial charge in [0.05, 0.1) is 17.0 Å². The van der Waals surface area contributed by atoms with Crippen LogP contribution in [0.15, 0.2) is 23.2 Å². The van der Waals surface area contributed by atoms with Crippen LogP contribution in [0.1, 0.15) is 57.0 Å². The molecule has 4 heterocycles. The summed E-state index contributed by atoms with van der Waals surface area (Å²) in [6, 6.07) is 1.22. The number of imidazole rings is 1. The van der Waals surface area contributed by atoms with Gasteiger partial charge in [-0.15, -0.1) is 10.2 Å². The summed E-state index contributed by atoms with van der Waals surface area (Å²) in [5.74, 6) is -1.32. The molecule has 0 spiro atoms. The molecule has 0 amide bonds. The monoisotopic (exact) mass is 590 g/mol. The van der Waals surface area contributed by atoms with Crippen molar-refractivity contribution in [2.75, 3.05) is 13.1 Å². The quantitative estimate of drug-likeness (QED) is 0.398. The van der Waals surface area contributed by atoms with Crippen LogP contribution in [-0.2, 0) is 20.0 Å². The highest BCUT2D eigenvalue weighted by Crippen LogP contribution is 2.38. The van der Waals surface area contributed by atoms with E-state index in [0.717, 1.165) is 4.40 Å². The maximum atomic E-state index is 16.0. The molecule has 1 aliphatic heterocycles. The lowest BCUT2D eigenvalue weighted by atomic mass is 10.0. The standard InChI is InChI=1S/C22H25F3N6O4S3/c1-12(2)38(34,35)30-8-4-13(5-9-30)14-10-16(37(32,33)29-22(3)6-7-22)18(25)31-15(14)11-26-19(31)21-28-27-20(36-21)17(23)24/h4,10-12,17,29H,5-9H2,1-3H3. The van der Waals surface area contributed by atoms with Gasteiger partial charge >= 0.3 is 0 Å². The lowest BCUT2D eigenvalue weighted by Gasteiger charge is -2.28. The van der Waals surface area contributed by atoms with E-state index < -0.39 is 53.1 Å². The molecule has 3 aromatic rings. The number of alkyl halides is 2. The van der Waals surface area contributed by atoms with Gasteiger partial charge in [-0.05, 0) is 51.7 Å². The summed E-state index contributed by atoms with van der Waals surface area (Å²) in [4.78, 5) is 3.54. The molecule has 0 saturated heterocycles. The Morgan fingerprint density at radius 2 is 1.87 bits per heavy atom. The van der Waals surface area contributed by atoms with Crippen molar-refractivity contribution >= 4 is 42.5 Å². The highest BCUT2D eigenvalue weighted by atomic mass is 32.2. The smallest absolute Gasteiger partial charge is 0.265 e. The van der Waals surface area contributed by atoms with Crippen molar-refractivity contribution in [1.82, 2.24) is 28.6 Å². The molecule has 206 valence electrons. The van der Waals surface area contributed by atoms with E-state index in [9.17, 15) is 25.6 Å². The van der Waals surface area contributed by atoms with Crippen molar-refractivity contribution in [2.24, 2.45) is 0 Å². The number of sulfonamides is 2. The average Bonchev–Trinajstić information content (AvgIpc) is 3.24. The minimum absolute atomic E-state index is 0.0624. The average molecular weight is 591 g/mol. The van der Waals surface area contributed by atoms with Crippen molar-refractivity contribution in [3.63, 3.8) is 0 Å². The molecule has 0 aromatic carbocycles. The fourth-order valence-electron chi connectivity index (χ4n) is 4.22. The van der Waals surface area contributed by atoms with Gasteiger partial charge in [0.25, 0.3) is 6.43 Å². The molecule has 3 aromatic heterocycles. The fourth-order valence-corrected chi connectivity index (χ4v) is 7.68. The van der Waals surface area contributed by atoms with Crippen LogP contribution in [0.25, 0.3) is 21.9 Å². The number of nitrogens with zero attached hydrogens (tertiary/aromatic N) is 5. The van der Waals surface area contributed by atoms with Gasteiger partial charge in [-0.25, -0.2) is 35.3 Å². The van der Waals surface area contributed by atoms with Gasteiger partial charge in [-0.1, -0.05) is 17.4 Å². The van der Waals surface area contributed by atoms with E-state index in [1.807, 2.05) is 0 Å². The largest absolute Gasteiger partial charge is 0.291 e. The number of hydrogen-bond acceptors (Lipinski definition) is 8. The Morgan fingerprint density at radius 3 is 2.42 bits per heavy atom. The topological polar surface area (TPSA) is 127 Å². The maximum Gasteiger partial charge on any atom is 0.291 e. The van der Waals surface area contributed by atoms with E-state index in [-0.39, 0.29) is 35.9 Å². The molecule has 2 aliphatic rings. The summed E-state index contributed by atoms with van der Waals surface area (Å²) < 4.78 is 98.8. The predicted octanol–water partition coefficient (Wildman–Crippen LogP) is 3.59. The van der Waals surface area contributed by atoms with Crippen molar-refractivity contribution in [3.8, 4) is 10.8 Å². The number of hydrogen-bond donors (Lipinski definition) is 1. The Bertz CT molecular complexity index is 1660. The van der Waals surface area contributed by atoms with Gasteiger partial charge in [0, 0.05) is 24.2 Å². The summed E-state index contributed by atoms with van der Waals surface area (Å²) >= 11 is 0.527. The van der Waals surface area contributed by atoms with Gasteiger partial charge in [0.15, 0.2) is 15.8 Å². The van der Waals surface area contributed by atoms with Gasteiger partial charge < -0.3 is 0 Å². The highest BCUT2D eigenvalue weighted by Gasteiger charge is 2.42. The van der Waals surface area contributed by atoms with Crippen LogP contribution in [0.2, 0.25) is 0 Å². The first-order chi connectivity index (χ1) is 17.7. The van der Waals surface area contributed by atoms with Crippen LogP contribution >= 0.6 is 11.3 Å². The molecular weight excluding hydrogens is 565 g/mol. The third kappa shape index (κ3) is 4.76. The van der Waals surface area contributed by atoms with Gasteiger partial charge in [0.2, 0.25) is 26.0 Å². The zero-order valence-corrected chi connectivity index (χ0v) is 23.1. The Hall–Kier alpha value is -2.40. The van der Waals surface area contributed by atoms with Crippen LogP contribution in [0, 0.1) is 5.95 Å². The van der Waals surface area contributed by atoms with E-state index >= 15 is 4.39 Å². The number of nitrogens with one attached hydrogen (secondary N) is 1. The first-order valence-corrected chi connectivity index (χ1v) is 15.6. The van der Waals surface area contributed by atoms with E-state index in [1.54, 1.807) is 26.8 Å². The van der Waals surface area contributed by atoms with Crippen molar-refractivity contribution < 1.29 is 30.0 Å². The first-order valence-electron chi connectivity index (χ1n) is 11.8. The molecule has 16 heteroatoms. The molecule has 1 fully saturated rings. The Balaban J connectivity index is 1.67. The molecular formula is C22H25F3N6O4S3. The van der Waals surface area contributed by atoms with E-state index in [0.29, 0.717) is 35.3 Å². The van der Waals surface area contributed by atoms with Crippen LogP contribution in [-0.4, -0.2) is 64.6 Å². The van der Waals surface area contributed by atoms with Gasteiger partial charge in [-0.2, -0.15) is 8.70 Å². The zero-order valence-electron chi connectivity index (χ0n) is 20.6. The molecule has 0 radical (unpaired) electrons. The van der Waals surface area contributed by atoms with Gasteiger partial charge in [-0.3, -0.25) is 4.40 Å². The number of aromatic nitrogens is 4. The molecule has 5 rings (SSSR count). The summed E-state index contributed by atoms with van der Waals surface area (Å²) in [6.45, 7) is 5.11. The lowest BCUT2D eigenvalue weighted by Crippen LogP contribution is -2.39. The molecule has 0 bridgehead atoms. The molecule has 0 atom stereocenters. The van der Waals surface area contributed by atoms with Crippen LogP contribution in [0.4, 0.5) is 13.2 Å². The third-order valence-electron chi connectivity index (χ3n) is 6.68. The van der Waals surface area contributed by atoms with Crippen LogP contribution < -0.4 is 4.72 Å². The minimum Gasteiger partial charge on any atom is -0.265 e. The SMILES string of the molecule is CC(C)S(=O)(=O)N1CC=C(c2cc(S(=O)(=O)NC3(C)CC3)c(F)n3c(-c4nnc(C(F)F)s4)ncc23)CC1. The Labute approximate surface area is 221 Å². The summed E-state index contributed by atoms with van der Waals surface area (Å²) in [5.41, 5.74) is 0.455. The molecule has 1 aliphatic carbocycles. The lowest BCUT2D eigenvalue weighted by molar-refractivity contribution is 0.150. The zero-order chi connectivity index (χ0) is 27.6. The molecule has 0 unspecified atom stereocenters. The van der Waals surface area contributed by atoms with Crippen molar-refractivity contribution in [2.45, 2.75) is 62.1 Å². The predicted molar refractivity (Wildman–Crippen MR) is 135 cm³/mol. The second-order valence-corrected chi connectivity index (χ2v) is 15.0. The number of rotatable bonds is 8. The van der Waals surface area contributed by atoms with Crippen molar-refractivity contribution in [1.29, 1.82) is 0 Å². The normalized spacial score (nSPS) is 18.5. The molecule has 1 saturated carbocycles. The van der Waals surface area contributed by atoms with Crippen molar-refractivity contribution in [3.05, 3.63) is 34.9 Å². The fraction of sp³-hybridized carbons (Fsp3) is 0.500. The number of pyridine rings is 1.